The Labute approximate surface area is 120 Å². The van der Waals surface area contributed by atoms with E-state index in [0.29, 0.717) is 22.8 Å². The van der Waals surface area contributed by atoms with Gasteiger partial charge in [-0.1, -0.05) is 6.42 Å². The van der Waals surface area contributed by atoms with Gasteiger partial charge in [0.15, 0.2) is 0 Å². The van der Waals surface area contributed by atoms with Crippen molar-refractivity contribution in [3.05, 3.63) is 23.8 Å². The number of rotatable bonds is 5. The van der Waals surface area contributed by atoms with Crippen molar-refractivity contribution in [3.8, 4) is 5.75 Å². The van der Waals surface area contributed by atoms with Crippen molar-refractivity contribution in [1.82, 2.24) is 4.72 Å². The van der Waals surface area contributed by atoms with Gasteiger partial charge in [0.05, 0.1) is 12.0 Å². The summed E-state index contributed by atoms with van der Waals surface area (Å²) in [7, 11) is -1.94. The van der Waals surface area contributed by atoms with Gasteiger partial charge in [0, 0.05) is 6.04 Å². The molecule has 20 heavy (non-hydrogen) atoms. The van der Waals surface area contributed by atoms with Gasteiger partial charge < -0.3 is 10.5 Å². The summed E-state index contributed by atoms with van der Waals surface area (Å²) < 4.78 is 32.9. The van der Waals surface area contributed by atoms with Crippen molar-refractivity contribution in [3.63, 3.8) is 0 Å². The first-order valence-corrected chi connectivity index (χ1v) is 8.33. The largest absolute Gasteiger partial charge is 0.497 e. The molecule has 1 aliphatic rings. The minimum absolute atomic E-state index is 0.0495. The second-order valence-corrected chi connectivity index (χ2v) is 6.97. The number of nitrogens with one attached hydrogen (secondary N) is 1. The summed E-state index contributed by atoms with van der Waals surface area (Å²) in [6, 6.07) is 4.93. The van der Waals surface area contributed by atoms with Crippen molar-refractivity contribution in [2.24, 2.45) is 11.7 Å². The number of nitrogens with two attached hydrogens (primary N) is 1. The third-order valence-electron chi connectivity index (χ3n) is 3.94. The van der Waals surface area contributed by atoms with Crippen LogP contribution in [0.5, 0.6) is 5.75 Å². The van der Waals surface area contributed by atoms with Gasteiger partial charge in [-0.15, -0.1) is 0 Å². The molecule has 2 rings (SSSR count). The second-order valence-electron chi connectivity index (χ2n) is 5.29. The molecule has 6 heteroatoms. The topological polar surface area (TPSA) is 81.4 Å². The molecule has 1 saturated carbocycles. The molecule has 1 aromatic carbocycles. The van der Waals surface area contributed by atoms with E-state index in [1.165, 1.54) is 0 Å². The van der Waals surface area contributed by atoms with Gasteiger partial charge in [0.25, 0.3) is 0 Å². The first-order chi connectivity index (χ1) is 9.47. The molecule has 0 amide bonds. The van der Waals surface area contributed by atoms with Crippen LogP contribution in [0.15, 0.2) is 23.1 Å². The maximum atomic E-state index is 12.5. The predicted molar refractivity (Wildman–Crippen MR) is 78.2 cm³/mol. The molecule has 3 N–H and O–H groups in total. The fourth-order valence-electron chi connectivity index (χ4n) is 2.79. The molecule has 5 nitrogen and oxygen atoms in total. The van der Waals surface area contributed by atoms with Gasteiger partial charge in [0.2, 0.25) is 10.0 Å². The van der Waals surface area contributed by atoms with Gasteiger partial charge in [-0.05, 0) is 56.0 Å². The molecule has 1 fully saturated rings. The Morgan fingerprint density at radius 2 is 2.15 bits per heavy atom. The van der Waals surface area contributed by atoms with Crippen LogP contribution < -0.4 is 15.2 Å². The van der Waals surface area contributed by atoms with Crippen LogP contribution in [0.2, 0.25) is 0 Å². The van der Waals surface area contributed by atoms with Crippen LogP contribution in [0.1, 0.15) is 24.8 Å². The normalized spacial score (nSPS) is 22.9. The minimum atomic E-state index is -3.50. The minimum Gasteiger partial charge on any atom is -0.497 e. The maximum absolute atomic E-state index is 12.5. The zero-order valence-corrected chi connectivity index (χ0v) is 12.7. The Morgan fingerprint density at radius 1 is 1.40 bits per heavy atom. The molecule has 1 aromatic rings. The van der Waals surface area contributed by atoms with Gasteiger partial charge in [-0.2, -0.15) is 0 Å². The molecule has 112 valence electrons. The average molecular weight is 298 g/mol. The molecule has 2 atom stereocenters. The molecule has 1 aliphatic carbocycles. The highest BCUT2D eigenvalue weighted by molar-refractivity contribution is 7.89. The second kappa shape index (κ2) is 6.11. The molecule has 0 radical (unpaired) electrons. The molecular formula is C14H22N2O3S. The van der Waals surface area contributed by atoms with Crippen LogP contribution in [0.25, 0.3) is 0 Å². The van der Waals surface area contributed by atoms with E-state index in [-0.39, 0.29) is 12.0 Å². The van der Waals surface area contributed by atoms with Crippen LogP contribution in [-0.4, -0.2) is 28.1 Å². The van der Waals surface area contributed by atoms with Crippen molar-refractivity contribution < 1.29 is 13.2 Å². The van der Waals surface area contributed by atoms with E-state index in [9.17, 15) is 8.42 Å². The lowest BCUT2D eigenvalue weighted by molar-refractivity contribution is 0.414. The van der Waals surface area contributed by atoms with Crippen molar-refractivity contribution >= 4 is 10.0 Å². The van der Waals surface area contributed by atoms with E-state index >= 15 is 0 Å². The highest BCUT2D eigenvalue weighted by Crippen LogP contribution is 2.27. The Hall–Kier alpha value is -1.11. The van der Waals surface area contributed by atoms with Crippen LogP contribution in [0, 0.1) is 12.8 Å². The Morgan fingerprint density at radius 3 is 2.75 bits per heavy atom. The summed E-state index contributed by atoms with van der Waals surface area (Å²) in [6.07, 6.45) is 2.87. The molecule has 0 saturated heterocycles. The van der Waals surface area contributed by atoms with Crippen molar-refractivity contribution in [2.75, 3.05) is 13.7 Å². The number of hydrogen-bond acceptors (Lipinski definition) is 4. The summed E-state index contributed by atoms with van der Waals surface area (Å²) in [5.41, 5.74) is 6.38. The highest BCUT2D eigenvalue weighted by Gasteiger charge is 2.30. The van der Waals surface area contributed by atoms with E-state index in [1.807, 2.05) is 0 Å². The van der Waals surface area contributed by atoms with E-state index in [1.54, 1.807) is 32.2 Å². The lowest BCUT2D eigenvalue weighted by Gasteiger charge is -2.20. The number of sulfonamides is 1. The van der Waals surface area contributed by atoms with Gasteiger partial charge in [-0.3, -0.25) is 0 Å². The van der Waals surface area contributed by atoms with E-state index in [2.05, 4.69) is 4.72 Å². The Bertz CT molecular complexity index is 572. The molecule has 0 aromatic heterocycles. The predicted octanol–water partition coefficient (Wildman–Crippen LogP) is 1.41. The quantitative estimate of drug-likeness (QED) is 0.861. The fraction of sp³-hybridized carbons (Fsp3) is 0.571. The lowest BCUT2D eigenvalue weighted by Crippen LogP contribution is -2.40. The molecular weight excluding hydrogens is 276 g/mol. The van der Waals surface area contributed by atoms with E-state index in [0.717, 1.165) is 19.3 Å². The Kier molecular flexibility index (Phi) is 4.67. The molecule has 0 aliphatic heterocycles. The molecule has 0 unspecified atom stereocenters. The monoisotopic (exact) mass is 298 g/mol. The first kappa shape index (κ1) is 15.3. The third kappa shape index (κ3) is 3.13. The van der Waals surface area contributed by atoms with E-state index in [4.69, 9.17) is 10.5 Å². The smallest absolute Gasteiger partial charge is 0.241 e. The number of methoxy groups -OCH3 is 1. The SMILES string of the molecule is COc1ccc(S(=O)(=O)N[C@H]2CCC[C@H]2CN)c(C)c1. The number of hydrogen-bond donors (Lipinski definition) is 2. The summed E-state index contributed by atoms with van der Waals surface area (Å²) in [6.45, 7) is 2.29. The third-order valence-corrected chi connectivity index (χ3v) is 5.59. The molecule has 0 bridgehead atoms. The van der Waals surface area contributed by atoms with Gasteiger partial charge >= 0.3 is 0 Å². The number of ether oxygens (including phenoxy) is 1. The van der Waals surface area contributed by atoms with Crippen molar-refractivity contribution in [1.29, 1.82) is 0 Å². The summed E-state index contributed by atoms with van der Waals surface area (Å²) >= 11 is 0. The summed E-state index contributed by atoms with van der Waals surface area (Å²) in [5, 5.41) is 0. The van der Waals surface area contributed by atoms with Crippen LogP contribution in [0.4, 0.5) is 0 Å². The molecule has 0 heterocycles. The number of benzene rings is 1. The van der Waals surface area contributed by atoms with Gasteiger partial charge in [0.1, 0.15) is 5.75 Å². The van der Waals surface area contributed by atoms with Crippen molar-refractivity contribution in [2.45, 2.75) is 37.1 Å². The maximum Gasteiger partial charge on any atom is 0.241 e. The fourth-order valence-corrected chi connectivity index (χ4v) is 4.35. The van der Waals surface area contributed by atoms with Gasteiger partial charge in [-0.25, -0.2) is 13.1 Å². The Balaban J connectivity index is 2.22. The van der Waals surface area contributed by atoms with E-state index < -0.39 is 10.0 Å². The zero-order valence-electron chi connectivity index (χ0n) is 11.9. The summed E-state index contributed by atoms with van der Waals surface area (Å²) in [5.74, 6) is 0.894. The molecule has 0 spiro atoms. The highest BCUT2D eigenvalue weighted by atomic mass is 32.2. The average Bonchev–Trinajstić information content (AvgIpc) is 2.84. The number of aryl methyl sites for hydroxylation is 1. The first-order valence-electron chi connectivity index (χ1n) is 6.85. The van der Waals surface area contributed by atoms with Crippen LogP contribution >= 0.6 is 0 Å². The lowest BCUT2D eigenvalue weighted by atomic mass is 10.1. The van der Waals surface area contributed by atoms with Crippen LogP contribution in [-0.2, 0) is 10.0 Å². The summed E-state index contributed by atoms with van der Waals surface area (Å²) in [4.78, 5) is 0.306. The van der Waals surface area contributed by atoms with Crippen LogP contribution in [0.3, 0.4) is 0 Å². The standard InChI is InChI=1S/C14H22N2O3S/c1-10-8-12(19-2)6-7-14(10)20(17,18)16-13-5-3-4-11(13)9-15/h6-8,11,13,16H,3-5,9,15H2,1-2H3/t11-,13-/m0/s1. The zero-order chi connectivity index (χ0) is 14.8.